The molecule has 2 aromatic carbocycles. The number of esters is 1. The molecule has 0 N–H and O–H groups in total. The van der Waals surface area contributed by atoms with Gasteiger partial charge in [-0.3, -0.25) is 4.90 Å². The summed E-state index contributed by atoms with van der Waals surface area (Å²) in [6.45, 7) is 1.74. The van der Waals surface area contributed by atoms with Crippen LogP contribution in [0.4, 0.5) is 4.39 Å². The van der Waals surface area contributed by atoms with Crippen molar-refractivity contribution in [3.05, 3.63) is 71.5 Å². The monoisotopic (exact) mass is 324 g/mol. The molecule has 1 aliphatic heterocycles. The van der Waals surface area contributed by atoms with Gasteiger partial charge in [-0.2, -0.15) is 5.26 Å². The van der Waals surface area contributed by atoms with E-state index in [1.165, 1.54) is 18.2 Å². The van der Waals surface area contributed by atoms with Crippen LogP contribution in [0.15, 0.2) is 54.6 Å². The molecule has 1 aliphatic rings. The number of halogens is 1. The van der Waals surface area contributed by atoms with Crippen LogP contribution in [0.1, 0.15) is 15.9 Å². The van der Waals surface area contributed by atoms with Crippen LogP contribution < -0.4 is 0 Å². The third kappa shape index (κ3) is 3.79. The summed E-state index contributed by atoms with van der Waals surface area (Å²) < 4.78 is 18.7. The van der Waals surface area contributed by atoms with Crippen LogP contribution in [-0.4, -0.2) is 30.1 Å². The van der Waals surface area contributed by atoms with Crippen LogP contribution >= 0.6 is 0 Å². The highest BCUT2D eigenvalue weighted by Crippen LogP contribution is 2.22. The lowest BCUT2D eigenvalue weighted by Crippen LogP contribution is -2.26. The molecule has 3 rings (SSSR count). The molecule has 0 bridgehead atoms. The minimum absolute atomic E-state index is 0.160. The molecule has 0 aliphatic carbocycles. The second kappa shape index (κ2) is 7.24. The van der Waals surface area contributed by atoms with Gasteiger partial charge in [0, 0.05) is 19.6 Å². The second-order valence-electron chi connectivity index (χ2n) is 5.87. The van der Waals surface area contributed by atoms with Crippen LogP contribution in [0.5, 0.6) is 0 Å². The zero-order valence-corrected chi connectivity index (χ0v) is 13.1. The Morgan fingerprint density at radius 1 is 1.21 bits per heavy atom. The molecule has 0 amide bonds. The largest absolute Gasteiger partial charge is 0.456 e. The highest BCUT2D eigenvalue weighted by Gasteiger charge is 2.35. The van der Waals surface area contributed by atoms with E-state index in [2.05, 4.69) is 11.0 Å². The zero-order valence-electron chi connectivity index (χ0n) is 13.1. The first kappa shape index (κ1) is 16.2. The highest BCUT2D eigenvalue weighted by molar-refractivity contribution is 5.89. The quantitative estimate of drug-likeness (QED) is 0.811. The van der Waals surface area contributed by atoms with E-state index in [1.807, 2.05) is 30.3 Å². The fourth-order valence-electron chi connectivity index (χ4n) is 2.89. The van der Waals surface area contributed by atoms with E-state index in [0.29, 0.717) is 19.6 Å². The summed E-state index contributed by atoms with van der Waals surface area (Å²) in [7, 11) is 0. The Morgan fingerprint density at radius 2 is 2.00 bits per heavy atom. The lowest BCUT2D eigenvalue weighted by atomic mass is 10.1. The summed E-state index contributed by atoms with van der Waals surface area (Å²) in [4.78, 5) is 14.3. The summed E-state index contributed by atoms with van der Waals surface area (Å²) >= 11 is 0. The van der Waals surface area contributed by atoms with Gasteiger partial charge in [-0.05, 0) is 23.8 Å². The van der Waals surface area contributed by atoms with Gasteiger partial charge in [0.2, 0.25) is 0 Å². The average Bonchev–Trinajstić information content (AvgIpc) is 2.97. The fraction of sp³-hybridized carbons (Fsp3) is 0.263. The summed E-state index contributed by atoms with van der Waals surface area (Å²) in [5.41, 5.74) is 1.31. The highest BCUT2D eigenvalue weighted by atomic mass is 19.1. The lowest BCUT2D eigenvalue weighted by Gasteiger charge is -2.16. The Balaban J connectivity index is 1.65. The van der Waals surface area contributed by atoms with Gasteiger partial charge in [0.1, 0.15) is 11.9 Å². The van der Waals surface area contributed by atoms with E-state index in [4.69, 9.17) is 4.74 Å². The van der Waals surface area contributed by atoms with Crippen LogP contribution in [0.2, 0.25) is 0 Å². The van der Waals surface area contributed by atoms with Crippen LogP contribution in [0, 0.1) is 23.1 Å². The molecule has 0 aromatic heterocycles. The third-order valence-electron chi connectivity index (χ3n) is 4.08. The molecule has 2 atom stereocenters. The zero-order chi connectivity index (χ0) is 16.9. The van der Waals surface area contributed by atoms with E-state index < -0.39 is 17.9 Å². The van der Waals surface area contributed by atoms with Crippen molar-refractivity contribution in [2.45, 2.75) is 12.6 Å². The fourth-order valence-corrected chi connectivity index (χ4v) is 2.89. The Labute approximate surface area is 140 Å². The first-order valence-corrected chi connectivity index (χ1v) is 7.78. The van der Waals surface area contributed by atoms with Crippen molar-refractivity contribution in [3.8, 4) is 6.07 Å². The molecular formula is C19H17FN2O2. The summed E-state index contributed by atoms with van der Waals surface area (Å²) in [6.07, 6.45) is -0.505. The SMILES string of the molecule is N#CC1CN(Cc2ccccc2)CC1OC(=O)c1cccc(F)c1. The van der Waals surface area contributed by atoms with Crippen molar-refractivity contribution >= 4 is 5.97 Å². The Kier molecular flexibility index (Phi) is 4.88. The van der Waals surface area contributed by atoms with Gasteiger partial charge < -0.3 is 4.74 Å². The maximum Gasteiger partial charge on any atom is 0.338 e. The van der Waals surface area contributed by atoms with Crippen molar-refractivity contribution < 1.29 is 13.9 Å². The molecule has 24 heavy (non-hydrogen) atoms. The van der Waals surface area contributed by atoms with Gasteiger partial charge in [-0.1, -0.05) is 36.4 Å². The van der Waals surface area contributed by atoms with Crippen LogP contribution in [-0.2, 0) is 11.3 Å². The smallest absolute Gasteiger partial charge is 0.338 e. The number of likely N-dealkylation sites (tertiary alicyclic amines) is 1. The van der Waals surface area contributed by atoms with E-state index in [1.54, 1.807) is 0 Å². The molecule has 0 radical (unpaired) electrons. The molecule has 0 spiro atoms. The number of rotatable bonds is 4. The Bertz CT molecular complexity index is 757. The Morgan fingerprint density at radius 3 is 2.71 bits per heavy atom. The second-order valence-corrected chi connectivity index (χ2v) is 5.87. The van der Waals surface area contributed by atoms with E-state index in [9.17, 15) is 14.4 Å². The number of hydrogen-bond acceptors (Lipinski definition) is 4. The first-order valence-electron chi connectivity index (χ1n) is 7.78. The summed E-state index contributed by atoms with van der Waals surface area (Å²) in [5, 5.41) is 9.32. The molecule has 2 aromatic rings. The van der Waals surface area contributed by atoms with Crippen molar-refractivity contribution in [1.82, 2.24) is 4.90 Å². The molecule has 2 unspecified atom stereocenters. The molecule has 5 heteroatoms. The molecule has 4 nitrogen and oxygen atoms in total. The van der Waals surface area contributed by atoms with Gasteiger partial charge in [0.25, 0.3) is 0 Å². The van der Waals surface area contributed by atoms with Gasteiger partial charge >= 0.3 is 5.97 Å². The molecule has 122 valence electrons. The molecular weight excluding hydrogens is 307 g/mol. The van der Waals surface area contributed by atoms with E-state index in [-0.39, 0.29) is 11.5 Å². The number of nitriles is 1. The third-order valence-corrected chi connectivity index (χ3v) is 4.08. The van der Waals surface area contributed by atoms with Crippen molar-refractivity contribution in [3.63, 3.8) is 0 Å². The van der Waals surface area contributed by atoms with Crippen molar-refractivity contribution in [2.75, 3.05) is 13.1 Å². The summed E-state index contributed by atoms with van der Waals surface area (Å²) in [6, 6.07) is 17.5. The maximum absolute atomic E-state index is 13.2. The van der Waals surface area contributed by atoms with Crippen LogP contribution in [0.25, 0.3) is 0 Å². The topological polar surface area (TPSA) is 53.3 Å². The molecule has 1 fully saturated rings. The number of benzene rings is 2. The average molecular weight is 324 g/mol. The number of carbonyl (C=O) groups is 1. The van der Waals surface area contributed by atoms with E-state index >= 15 is 0 Å². The van der Waals surface area contributed by atoms with E-state index in [0.717, 1.165) is 11.6 Å². The van der Waals surface area contributed by atoms with Gasteiger partial charge in [-0.25, -0.2) is 9.18 Å². The molecule has 0 saturated carbocycles. The summed E-state index contributed by atoms with van der Waals surface area (Å²) in [5.74, 6) is -1.47. The number of hydrogen-bond donors (Lipinski definition) is 0. The normalized spacial score (nSPS) is 20.5. The number of nitrogens with zero attached hydrogens (tertiary/aromatic N) is 2. The lowest BCUT2D eigenvalue weighted by molar-refractivity contribution is 0.0273. The minimum atomic E-state index is -0.596. The van der Waals surface area contributed by atoms with Gasteiger partial charge in [0.15, 0.2) is 0 Å². The number of ether oxygens (including phenoxy) is 1. The minimum Gasteiger partial charge on any atom is -0.456 e. The molecule has 1 heterocycles. The first-order chi connectivity index (χ1) is 11.7. The van der Waals surface area contributed by atoms with Gasteiger partial charge in [-0.15, -0.1) is 0 Å². The predicted molar refractivity (Wildman–Crippen MR) is 86.4 cm³/mol. The van der Waals surface area contributed by atoms with Crippen LogP contribution in [0.3, 0.4) is 0 Å². The van der Waals surface area contributed by atoms with Crippen molar-refractivity contribution in [2.24, 2.45) is 5.92 Å². The molecule has 1 saturated heterocycles. The standard InChI is InChI=1S/C19H17FN2O2/c20-17-8-4-7-15(9-17)19(23)24-18-13-22(12-16(18)10-21)11-14-5-2-1-3-6-14/h1-9,16,18H,11-13H2. The maximum atomic E-state index is 13.2. The Hall–Kier alpha value is -2.71. The number of carbonyl (C=O) groups excluding carboxylic acids is 1. The predicted octanol–water partition coefficient (Wildman–Crippen LogP) is 3.01. The van der Waals surface area contributed by atoms with Crippen molar-refractivity contribution in [1.29, 1.82) is 5.26 Å². The van der Waals surface area contributed by atoms with Gasteiger partial charge in [0.05, 0.1) is 17.6 Å².